The minimum atomic E-state index is -0.142. The lowest BCUT2D eigenvalue weighted by Gasteiger charge is -2.22. The molecule has 0 amide bonds. The third-order valence-electron chi connectivity index (χ3n) is 7.37. The first kappa shape index (κ1) is 19.2. The number of rotatable bonds is 2. The minimum Gasteiger partial charge on any atom is -0.313 e. The number of hydrogen-bond donors (Lipinski definition) is 0. The highest BCUT2D eigenvalue weighted by molar-refractivity contribution is 6.11. The van der Waals surface area contributed by atoms with Crippen LogP contribution >= 0.6 is 0 Å². The molecule has 2 aliphatic carbocycles. The largest absolute Gasteiger partial charge is 0.313 e. The maximum Gasteiger partial charge on any atom is 0.0902 e. The fourth-order valence-electron chi connectivity index (χ4n) is 5.88. The van der Waals surface area contributed by atoms with E-state index in [9.17, 15) is 5.26 Å². The van der Waals surface area contributed by atoms with Gasteiger partial charge in [-0.25, -0.2) is 0 Å². The van der Waals surface area contributed by atoms with Crippen molar-refractivity contribution in [2.75, 3.05) is 0 Å². The molecule has 0 saturated carbocycles. The Bertz CT molecular complexity index is 1690. The number of nitrogens with zero attached hydrogens (tertiary/aromatic N) is 3. The normalized spacial score (nSPS) is 17.6. The summed E-state index contributed by atoms with van der Waals surface area (Å²) in [6, 6.07) is 28.5. The van der Waals surface area contributed by atoms with E-state index < -0.39 is 0 Å². The fraction of sp³-hybridized carbons (Fsp3) is 0.129. The molecule has 0 saturated heterocycles. The van der Waals surface area contributed by atoms with Gasteiger partial charge in [-0.1, -0.05) is 66.7 Å². The lowest BCUT2D eigenvalue weighted by atomic mass is 9.96. The predicted octanol–water partition coefficient (Wildman–Crippen LogP) is 7.63. The summed E-state index contributed by atoms with van der Waals surface area (Å²) in [5, 5.41) is 13.8. The fourth-order valence-corrected chi connectivity index (χ4v) is 5.88. The van der Waals surface area contributed by atoms with E-state index in [4.69, 9.17) is 0 Å². The lowest BCUT2D eigenvalue weighted by Crippen LogP contribution is -2.13. The highest BCUT2D eigenvalue weighted by Crippen LogP contribution is 2.41. The minimum absolute atomic E-state index is 0.142. The highest BCUT2D eigenvalue weighted by atomic mass is 15.0. The van der Waals surface area contributed by atoms with Crippen molar-refractivity contribution >= 4 is 50.2 Å². The van der Waals surface area contributed by atoms with Crippen LogP contribution in [0.3, 0.4) is 0 Å². The Kier molecular flexibility index (Phi) is 4.16. The summed E-state index contributed by atoms with van der Waals surface area (Å²) in [4.78, 5) is 0. The second-order valence-electron chi connectivity index (χ2n) is 9.16. The topological polar surface area (TPSA) is 33.6 Å². The zero-order valence-corrected chi connectivity index (χ0v) is 18.8. The SMILES string of the molecule is N#CC1CC=CC=C1n1c2c(c3ccccc31)CCC(n1c3ccccc3c3ccccc31)=C2. The number of fused-ring (bicyclic) bond motifs is 6. The lowest BCUT2D eigenvalue weighted by molar-refractivity contribution is 0.801. The van der Waals surface area contributed by atoms with Crippen LogP contribution in [0.4, 0.5) is 0 Å². The number of benzene rings is 3. The molecule has 162 valence electrons. The summed E-state index contributed by atoms with van der Waals surface area (Å²) in [7, 11) is 0. The zero-order chi connectivity index (χ0) is 22.6. The van der Waals surface area contributed by atoms with Gasteiger partial charge in [0.1, 0.15) is 0 Å². The van der Waals surface area contributed by atoms with Gasteiger partial charge in [-0.05, 0) is 55.2 Å². The second kappa shape index (κ2) is 7.37. The van der Waals surface area contributed by atoms with E-state index in [1.54, 1.807) is 0 Å². The Hall–Kier alpha value is -4.29. The molecule has 3 nitrogen and oxygen atoms in total. The standard InChI is InChI=1S/C31H23N3/c32-20-21-9-1-5-13-27(21)34-30-16-8-4-12-25(30)26-18-17-22(19-31(26)34)33-28-14-6-2-10-23(28)24-11-3-7-15-29(24)33/h1-8,10-16,19,21H,9,17-18H2. The quantitative estimate of drug-likeness (QED) is 0.279. The van der Waals surface area contributed by atoms with Crippen molar-refractivity contribution in [3.8, 4) is 6.07 Å². The van der Waals surface area contributed by atoms with Crippen LogP contribution < -0.4 is 0 Å². The Morgan fingerprint density at radius 3 is 2.03 bits per heavy atom. The Balaban J connectivity index is 1.54. The molecule has 0 radical (unpaired) electrons. The van der Waals surface area contributed by atoms with E-state index in [1.165, 1.54) is 49.7 Å². The summed E-state index contributed by atoms with van der Waals surface area (Å²) >= 11 is 0. The smallest absolute Gasteiger partial charge is 0.0902 e. The van der Waals surface area contributed by atoms with Gasteiger partial charge in [0.05, 0.1) is 34.2 Å². The molecule has 0 bridgehead atoms. The molecular weight excluding hydrogens is 414 g/mol. The predicted molar refractivity (Wildman–Crippen MR) is 141 cm³/mol. The molecule has 3 heteroatoms. The maximum atomic E-state index is 9.92. The first-order chi connectivity index (χ1) is 16.8. The van der Waals surface area contributed by atoms with Crippen molar-refractivity contribution in [2.45, 2.75) is 19.3 Å². The van der Waals surface area contributed by atoms with Crippen molar-refractivity contribution in [3.05, 3.63) is 102 Å². The van der Waals surface area contributed by atoms with Crippen molar-refractivity contribution in [3.63, 3.8) is 0 Å². The van der Waals surface area contributed by atoms with Gasteiger partial charge < -0.3 is 9.13 Å². The number of nitriles is 1. The molecule has 2 aliphatic rings. The summed E-state index contributed by atoms with van der Waals surface area (Å²) in [5.74, 6) is -0.142. The molecule has 0 N–H and O–H groups in total. The maximum absolute atomic E-state index is 9.92. The third kappa shape index (κ3) is 2.63. The van der Waals surface area contributed by atoms with Crippen LogP contribution in [-0.4, -0.2) is 9.13 Å². The molecular formula is C31H23N3. The van der Waals surface area contributed by atoms with E-state index >= 15 is 0 Å². The van der Waals surface area contributed by atoms with E-state index in [-0.39, 0.29) is 5.92 Å². The third-order valence-corrected chi connectivity index (χ3v) is 7.37. The Labute approximate surface area is 198 Å². The first-order valence-electron chi connectivity index (χ1n) is 11.9. The molecule has 2 heterocycles. The van der Waals surface area contributed by atoms with Crippen LogP contribution in [0.25, 0.3) is 50.2 Å². The van der Waals surface area contributed by atoms with Crippen molar-refractivity contribution in [2.24, 2.45) is 5.92 Å². The number of para-hydroxylation sites is 3. The van der Waals surface area contributed by atoms with Gasteiger partial charge in [-0.15, -0.1) is 0 Å². The summed E-state index contributed by atoms with van der Waals surface area (Å²) < 4.78 is 4.78. The first-order valence-corrected chi connectivity index (χ1v) is 11.9. The molecule has 7 rings (SSSR count). The monoisotopic (exact) mass is 437 g/mol. The van der Waals surface area contributed by atoms with Crippen LogP contribution in [0.1, 0.15) is 24.1 Å². The van der Waals surface area contributed by atoms with Gasteiger partial charge in [0.25, 0.3) is 0 Å². The number of aromatic nitrogens is 2. The van der Waals surface area contributed by atoms with Gasteiger partial charge >= 0.3 is 0 Å². The molecule has 1 unspecified atom stereocenters. The summed E-state index contributed by atoms with van der Waals surface area (Å²) in [5.41, 5.74) is 8.65. The van der Waals surface area contributed by atoms with Crippen molar-refractivity contribution in [1.82, 2.24) is 9.13 Å². The average Bonchev–Trinajstić information content (AvgIpc) is 3.41. The van der Waals surface area contributed by atoms with Gasteiger partial charge in [-0.2, -0.15) is 5.26 Å². The molecule has 0 spiro atoms. The van der Waals surface area contributed by atoms with E-state index in [0.717, 1.165) is 25.0 Å². The van der Waals surface area contributed by atoms with Crippen LogP contribution in [0.15, 0.2) is 91.0 Å². The van der Waals surface area contributed by atoms with Crippen LogP contribution in [0.2, 0.25) is 0 Å². The second-order valence-corrected chi connectivity index (χ2v) is 9.16. The number of hydrogen-bond acceptors (Lipinski definition) is 1. The summed E-state index contributed by atoms with van der Waals surface area (Å²) in [6.07, 6.45) is 11.4. The molecule has 2 aromatic heterocycles. The molecule has 34 heavy (non-hydrogen) atoms. The highest BCUT2D eigenvalue weighted by Gasteiger charge is 2.26. The number of allylic oxidation sites excluding steroid dienone is 5. The van der Waals surface area contributed by atoms with Gasteiger partial charge in [0, 0.05) is 27.6 Å². The van der Waals surface area contributed by atoms with Crippen molar-refractivity contribution in [1.29, 1.82) is 5.26 Å². The van der Waals surface area contributed by atoms with Crippen LogP contribution in [0, 0.1) is 17.2 Å². The van der Waals surface area contributed by atoms with Crippen molar-refractivity contribution < 1.29 is 0 Å². The Morgan fingerprint density at radius 2 is 1.35 bits per heavy atom. The van der Waals surface area contributed by atoms with Gasteiger partial charge in [0.15, 0.2) is 0 Å². The van der Waals surface area contributed by atoms with Crippen LogP contribution in [0.5, 0.6) is 0 Å². The average molecular weight is 438 g/mol. The zero-order valence-electron chi connectivity index (χ0n) is 18.8. The molecule has 0 aliphatic heterocycles. The van der Waals surface area contributed by atoms with E-state index in [1.807, 2.05) is 0 Å². The molecule has 1 atom stereocenters. The van der Waals surface area contributed by atoms with Gasteiger partial charge in [-0.3, -0.25) is 0 Å². The van der Waals surface area contributed by atoms with E-state index in [0.29, 0.717) is 0 Å². The molecule has 3 aromatic carbocycles. The summed E-state index contributed by atoms with van der Waals surface area (Å²) in [6.45, 7) is 0. The van der Waals surface area contributed by atoms with Crippen LogP contribution in [-0.2, 0) is 6.42 Å². The van der Waals surface area contributed by atoms with Gasteiger partial charge in [0.2, 0.25) is 0 Å². The Morgan fingerprint density at radius 1 is 0.735 bits per heavy atom. The molecule has 0 fully saturated rings. The van der Waals surface area contributed by atoms with E-state index in [2.05, 4.69) is 112 Å². The number of aryl methyl sites for hydroxylation is 1. The molecule has 5 aromatic rings.